The number of benzene rings is 1. The maximum absolute atomic E-state index is 12.1. The molecule has 0 spiro atoms. The monoisotopic (exact) mass is 308 g/mol. The first-order valence-electron chi connectivity index (χ1n) is 7.44. The molecule has 1 fully saturated rings. The van der Waals surface area contributed by atoms with E-state index in [1.54, 1.807) is 11.8 Å². The van der Waals surface area contributed by atoms with Crippen LogP contribution in [0, 0.1) is 0 Å². The van der Waals surface area contributed by atoms with Crippen molar-refractivity contribution in [3.05, 3.63) is 24.3 Å². The highest BCUT2D eigenvalue weighted by Crippen LogP contribution is 2.29. The average Bonchev–Trinajstić information content (AvgIpc) is 2.89. The first-order valence-corrected chi connectivity index (χ1v) is 8.60. The number of carbonyl (C=O) groups is 1. The van der Waals surface area contributed by atoms with E-state index in [9.17, 15) is 9.90 Å². The van der Waals surface area contributed by atoms with Gasteiger partial charge in [-0.05, 0) is 57.2 Å². The summed E-state index contributed by atoms with van der Waals surface area (Å²) in [5.74, 6) is 1.02. The summed E-state index contributed by atoms with van der Waals surface area (Å²) in [5, 5.41) is 13.1. The minimum absolute atomic E-state index is 0.295. The number of carbonyl (C=O) groups excluding carboxylic acids is 1. The minimum Gasteiger partial charge on any atom is -0.379 e. The van der Waals surface area contributed by atoms with Gasteiger partial charge in [0.15, 0.2) is 5.60 Å². The number of rotatable bonds is 5. The number of thioether (sulfide) groups is 1. The van der Waals surface area contributed by atoms with E-state index in [1.807, 2.05) is 24.3 Å². The lowest BCUT2D eigenvalue weighted by atomic mass is 10.0. The van der Waals surface area contributed by atoms with Crippen LogP contribution in [0.15, 0.2) is 24.3 Å². The second kappa shape index (κ2) is 6.71. The third kappa shape index (κ3) is 3.71. The summed E-state index contributed by atoms with van der Waals surface area (Å²) < 4.78 is 0. The number of hydrogen-bond acceptors (Lipinski definition) is 4. The lowest BCUT2D eigenvalue weighted by Gasteiger charge is -2.27. The van der Waals surface area contributed by atoms with E-state index in [4.69, 9.17) is 0 Å². The van der Waals surface area contributed by atoms with Crippen molar-refractivity contribution in [3.8, 4) is 0 Å². The van der Waals surface area contributed by atoms with Gasteiger partial charge >= 0.3 is 0 Å². The first-order chi connectivity index (χ1) is 9.96. The minimum atomic E-state index is -1.21. The Morgan fingerprint density at radius 1 is 1.43 bits per heavy atom. The van der Waals surface area contributed by atoms with Crippen LogP contribution in [-0.2, 0) is 4.79 Å². The summed E-state index contributed by atoms with van der Waals surface area (Å²) in [6.45, 7) is 7.39. The fourth-order valence-corrected chi connectivity index (χ4v) is 3.80. The van der Waals surface area contributed by atoms with Gasteiger partial charge in [0.05, 0.1) is 0 Å². The smallest absolute Gasteiger partial charge is 0.257 e. The van der Waals surface area contributed by atoms with Crippen LogP contribution in [0.25, 0.3) is 0 Å². The fourth-order valence-electron chi connectivity index (χ4n) is 2.56. The van der Waals surface area contributed by atoms with Crippen molar-refractivity contribution in [1.29, 1.82) is 0 Å². The number of amides is 1. The van der Waals surface area contributed by atoms with Crippen molar-refractivity contribution in [3.63, 3.8) is 0 Å². The Morgan fingerprint density at radius 3 is 2.57 bits per heavy atom. The summed E-state index contributed by atoms with van der Waals surface area (Å²) in [4.78, 5) is 14.4. The quantitative estimate of drug-likeness (QED) is 0.878. The highest BCUT2D eigenvalue weighted by atomic mass is 32.2. The van der Waals surface area contributed by atoms with E-state index in [1.165, 1.54) is 0 Å². The van der Waals surface area contributed by atoms with Crippen LogP contribution in [0.1, 0.15) is 27.2 Å². The second-order valence-corrected chi connectivity index (χ2v) is 6.82. The molecule has 116 valence electrons. The number of nitrogens with one attached hydrogen (secondary N) is 1. The van der Waals surface area contributed by atoms with Gasteiger partial charge in [-0.2, -0.15) is 11.8 Å². The molecule has 1 aromatic carbocycles. The SMILES string of the molecule is CCN(c1ccc(NC(=O)C2(O)CCSC2)cc1)C(C)C. The van der Waals surface area contributed by atoms with Crippen LogP contribution >= 0.6 is 11.8 Å². The predicted molar refractivity (Wildman–Crippen MR) is 90.1 cm³/mol. The lowest BCUT2D eigenvalue weighted by Crippen LogP contribution is -2.42. The molecule has 1 aliphatic rings. The molecule has 4 nitrogen and oxygen atoms in total. The van der Waals surface area contributed by atoms with E-state index in [-0.39, 0.29) is 5.91 Å². The molecule has 0 radical (unpaired) electrons. The van der Waals surface area contributed by atoms with E-state index in [2.05, 4.69) is 31.0 Å². The average molecular weight is 308 g/mol. The number of aliphatic hydroxyl groups is 1. The van der Waals surface area contributed by atoms with Gasteiger partial charge in [-0.25, -0.2) is 0 Å². The molecule has 5 heteroatoms. The van der Waals surface area contributed by atoms with Crippen molar-refractivity contribution in [2.24, 2.45) is 0 Å². The molecule has 1 atom stereocenters. The molecule has 1 heterocycles. The van der Waals surface area contributed by atoms with Crippen molar-refractivity contribution < 1.29 is 9.90 Å². The maximum Gasteiger partial charge on any atom is 0.257 e. The molecule has 21 heavy (non-hydrogen) atoms. The zero-order chi connectivity index (χ0) is 15.5. The van der Waals surface area contributed by atoms with Crippen molar-refractivity contribution >= 4 is 29.0 Å². The van der Waals surface area contributed by atoms with Crippen molar-refractivity contribution in [2.75, 3.05) is 28.3 Å². The molecule has 0 aliphatic carbocycles. The zero-order valence-corrected chi connectivity index (χ0v) is 13.7. The molecule has 2 N–H and O–H groups in total. The van der Waals surface area contributed by atoms with Gasteiger partial charge in [0.25, 0.3) is 5.91 Å². The Bertz CT molecular complexity index is 482. The van der Waals surface area contributed by atoms with Crippen LogP contribution in [0.4, 0.5) is 11.4 Å². The van der Waals surface area contributed by atoms with Gasteiger partial charge in [-0.1, -0.05) is 0 Å². The molecule has 1 unspecified atom stereocenters. The Kier molecular flexibility index (Phi) is 5.17. The van der Waals surface area contributed by atoms with Gasteiger partial charge in [-0.15, -0.1) is 0 Å². The van der Waals surface area contributed by atoms with E-state index in [0.29, 0.717) is 18.2 Å². The maximum atomic E-state index is 12.1. The molecule has 1 amide bonds. The second-order valence-electron chi connectivity index (χ2n) is 5.71. The highest BCUT2D eigenvalue weighted by molar-refractivity contribution is 7.99. The van der Waals surface area contributed by atoms with Crippen molar-refractivity contribution in [1.82, 2.24) is 0 Å². The summed E-state index contributed by atoms with van der Waals surface area (Å²) in [5.41, 5.74) is 0.658. The van der Waals surface area contributed by atoms with Gasteiger partial charge < -0.3 is 15.3 Å². The molecule has 2 rings (SSSR count). The van der Waals surface area contributed by atoms with Crippen molar-refractivity contribution in [2.45, 2.75) is 38.8 Å². The summed E-state index contributed by atoms with van der Waals surface area (Å²) in [6, 6.07) is 8.23. The van der Waals surface area contributed by atoms with Gasteiger partial charge in [0.1, 0.15) is 0 Å². The predicted octanol–water partition coefficient (Wildman–Crippen LogP) is 2.73. The lowest BCUT2D eigenvalue weighted by molar-refractivity contribution is -0.131. The van der Waals surface area contributed by atoms with Gasteiger partial charge in [0, 0.05) is 29.7 Å². The molecule has 0 saturated carbocycles. The van der Waals surface area contributed by atoms with Crippen LogP contribution in [0.2, 0.25) is 0 Å². The van der Waals surface area contributed by atoms with Crippen LogP contribution in [0.3, 0.4) is 0 Å². The Morgan fingerprint density at radius 2 is 2.10 bits per heavy atom. The Labute approximate surface area is 130 Å². The van der Waals surface area contributed by atoms with Crippen LogP contribution < -0.4 is 10.2 Å². The molecular weight excluding hydrogens is 284 g/mol. The number of anilines is 2. The summed E-state index contributed by atoms with van der Waals surface area (Å²) in [6.07, 6.45) is 0.526. The van der Waals surface area contributed by atoms with E-state index >= 15 is 0 Å². The fraction of sp³-hybridized carbons (Fsp3) is 0.562. The standard InChI is InChI=1S/C16H24N2O2S/c1-4-18(12(2)3)14-7-5-13(6-8-14)17-15(19)16(20)9-10-21-11-16/h5-8,12,20H,4,9-11H2,1-3H3,(H,17,19). The van der Waals surface area contributed by atoms with Crippen LogP contribution in [0.5, 0.6) is 0 Å². The summed E-state index contributed by atoms with van der Waals surface area (Å²) >= 11 is 1.61. The molecule has 1 aromatic rings. The normalized spacial score (nSPS) is 21.6. The van der Waals surface area contributed by atoms with E-state index in [0.717, 1.165) is 23.7 Å². The van der Waals surface area contributed by atoms with E-state index < -0.39 is 5.60 Å². The summed E-state index contributed by atoms with van der Waals surface area (Å²) in [7, 11) is 0. The Hall–Kier alpha value is -1.20. The molecular formula is C16H24N2O2S. The topological polar surface area (TPSA) is 52.6 Å². The molecule has 0 aromatic heterocycles. The van der Waals surface area contributed by atoms with Gasteiger partial charge in [-0.3, -0.25) is 4.79 Å². The van der Waals surface area contributed by atoms with Gasteiger partial charge in [0.2, 0.25) is 0 Å². The number of hydrogen-bond donors (Lipinski definition) is 2. The largest absolute Gasteiger partial charge is 0.379 e. The third-order valence-electron chi connectivity index (χ3n) is 3.84. The van der Waals surface area contributed by atoms with Crippen LogP contribution in [-0.4, -0.2) is 40.7 Å². The molecule has 1 aliphatic heterocycles. The third-order valence-corrected chi connectivity index (χ3v) is 5.02. The highest BCUT2D eigenvalue weighted by Gasteiger charge is 2.39. The molecule has 0 bridgehead atoms. The number of nitrogens with zero attached hydrogens (tertiary/aromatic N) is 1. The zero-order valence-electron chi connectivity index (χ0n) is 12.9. The molecule has 1 saturated heterocycles. The first kappa shape index (κ1) is 16.2. The Balaban J connectivity index is 2.04.